The number of halogens is 2. The first kappa shape index (κ1) is 20.3. The molecule has 138 valence electrons. The molecule has 0 aliphatic carbocycles. The SMILES string of the molecule is CC(=O)N(CCC(=O)Nc1cc(Cl)cc(Cl)c1)c1ccccc1C(C)C. The molecule has 0 radical (unpaired) electrons. The van der Waals surface area contributed by atoms with Gasteiger partial charge in [0, 0.05) is 41.3 Å². The zero-order valence-corrected chi connectivity index (χ0v) is 16.6. The van der Waals surface area contributed by atoms with Crippen LogP contribution in [-0.4, -0.2) is 18.4 Å². The lowest BCUT2D eigenvalue weighted by Crippen LogP contribution is -2.32. The molecular formula is C20H22Cl2N2O2. The largest absolute Gasteiger partial charge is 0.326 e. The van der Waals surface area contributed by atoms with Crippen molar-refractivity contribution in [3.05, 3.63) is 58.1 Å². The minimum absolute atomic E-state index is 0.100. The number of rotatable bonds is 6. The number of carbonyl (C=O) groups is 2. The third-order valence-electron chi connectivity index (χ3n) is 3.94. The van der Waals surface area contributed by atoms with E-state index in [0.717, 1.165) is 11.3 Å². The number of hydrogen-bond donors (Lipinski definition) is 1. The van der Waals surface area contributed by atoms with Gasteiger partial charge in [-0.05, 0) is 35.7 Å². The van der Waals surface area contributed by atoms with Gasteiger partial charge in [0.15, 0.2) is 0 Å². The predicted molar refractivity (Wildman–Crippen MR) is 108 cm³/mol. The van der Waals surface area contributed by atoms with E-state index in [1.807, 2.05) is 24.3 Å². The van der Waals surface area contributed by atoms with Gasteiger partial charge in [-0.15, -0.1) is 0 Å². The molecule has 0 spiro atoms. The summed E-state index contributed by atoms with van der Waals surface area (Å²) in [7, 11) is 0. The standard InChI is InChI=1S/C20H22Cl2N2O2/c1-13(2)18-6-4-5-7-19(18)24(14(3)25)9-8-20(26)23-17-11-15(21)10-16(22)12-17/h4-7,10-13H,8-9H2,1-3H3,(H,23,26). The molecule has 2 aromatic rings. The molecule has 26 heavy (non-hydrogen) atoms. The summed E-state index contributed by atoms with van der Waals surface area (Å²) in [4.78, 5) is 26.1. The quantitative estimate of drug-likeness (QED) is 0.705. The molecule has 0 fully saturated rings. The van der Waals surface area contributed by atoms with E-state index < -0.39 is 0 Å². The van der Waals surface area contributed by atoms with Crippen LogP contribution in [0, 0.1) is 0 Å². The maximum Gasteiger partial charge on any atom is 0.226 e. The predicted octanol–water partition coefficient (Wildman–Crippen LogP) is 5.50. The van der Waals surface area contributed by atoms with Crippen LogP contribution in [-0.2, 0) is 9.59 Å². The highest BCUT2D eigenvalue weighted by Gasteiger charge is 2.18. The highest BCUT2D eigenvalue weighted by Crippen LogP contribution is 2.28. The number of para-hydroxylation sites is 1. The minimum Gasteiger partial charge on any atom is -0.326 e. The highest BCUT2D eigenvalue weighted by molar-refractivity contribution is 6.35. The van der Waals surface area contributed by atoms with Gasteiger partial charge >= 0.3 is 0 Å². The molecule has 2 rings (SSSR count). The second-order valence-electron chi connectivity index (χ2n) is 6.34. The second kappa shape index (κ2) is 9.06. The fourth-order valence-electron chi connectivity index (χ4n) is 2.73. The van der Waals surface area contributed by atoms with E-state index in [2.05, 4.69) is 19.2 Å². The summed E-state index contributed by atoms with van der Waals surface area (Å²) in [5.41, 5.74) is 2.45. The summed E-state index contributed by atoms with van der Waals surface area (Å²) in [5.74, 6) is -0.0382. The lowest BCUT2D eigenvalue weighted by Gasteiger charge is -2.25. The van der Waals surface area contributed by atoms with E-state index in [1.165, 1.54) is 6.92 Å². The lowest BCUT2D eigenvalue weighted by atomic mass is 10.0. The van der Waals surface area contributed by atoms with Crippen LogP contribution in [0.4, 0.5) is 11.4 Å². The van der Waals surface area contributed by atoms with E-state index in [1.54, 1.807) is 23.1 Å². The number of anilines is 2. The maximum atomic E-state index is 12.3. The van der Waals surface area contributed by atoms with Crippen molar-refractivity contribution in [2.75, 3.05) is 16.8 Å². The van der Waals surface area contributed by atoms with Crippen LogP contribution in [0.2, 0.25) is 10.0 Å². The average Bonchev–Trinajstić information content (AvgIpc) is 2.54. The van der Waals surface area contributed by atoms with Gasteiger partial charge in [-0.25, -0.2) is 0 Å². The molecular weight excluding hydrogens is 371 g/mol. The van der Waals surface area contributed by atoms with Crippen LogP contribution in [0.3, 0.4) is 0 Å². The Kier molecular flexibility index (Phi) is 7.06. The molecule has 0 unspecified atom stereocenters. The molecule has 0 atom stereocenters. The Morgan fingerprint density at radius 3 is 2.27 bits per heavy atom. The smallest absolute Gasteiger partial charge is 0.226 e. The van der Waals surface area contributed by atoms with E-state index in [9.17, 15) is 9.59 Å². The van der Waals surface area contributed by atoms with Crippen LogP contribution in [0.5, 0.6) is 0 Å². The Morgan fingerprint density at radius 1 is 1.08 bits per heavy atom. The van der Waals surface area contributed by atoms with Crippen molar-refractivity contribution in [2.45, 2.75) is 33.1 Å². The Balaban J connectivity index is 2.09. The topological polar surface area (TPSA) is 49.4 Å². The molecule has 4 nitrogen and oxygen atoms in total. The normalized spacial score (nSPS) is 10.7. The molecule has 2 amide bonds. The van der Waals surface area contributed by atoms with Gasteiger partial charge in [0.25, 0.3) is 0 Å². The number of benzene rings is 2. The van der Waals surface area contributed by atoms with Gasteiger partial charge in [0.2, 0.25) is 11.8 Å². The van der Waals surface area contributed by atoms with Crippen molar-refractivity contribution in [3.63, 3.8) is 0 Å². The average molecular weight is 393 g/mol. The summed E-state index contributed by atoms with van der Waals surface area (Å²) in [6.45, 7) is 5.95. The van der Waals surface area contributed by atoms with Crippen LogP contribution < -0.4 is 10.2 Å². The molecule has 6 heteroatoms. The van der Waals surface area contributed by atoms with Gasteiger partial charge in [-0.3, -0.25) is 9.59 Å². The Morgan fingerprint density at radius 2 is 1.69 bits per heavy atom. The number of carbonyl (C=O) groups excluding carboxylic acids is 2. The van der Waals surface area contributed by atoms with E-state index in [0.29, 0.717) is 22.3 Å². The summed E-state index contributed by atoms with van der Waals surface area (Å²) in [6.07, 6.45) is 0.163. The third-order valence-corrected chi connectivity index (χ3v) is 4.37. The molecule has 1 N–H and O–H groups in total. The van der Waals surface area contributed by atoms with E-state index in [-0.39, 0.29) is 24.2 Å². The number of hydrogen-bond acceptors (Lipinski definition) is 2. The molecule has 0 saturated carbocycles. The number of amides is 2. The molecule has 0 aromatic heterocycles. The molecule has 0 bridgehead atoms. The van der Waals surface area contributed by atoms with Crippen LogP contribution in [0.25, 0.3) is 0 Å². The Labute approximate surface area is 164 Å². The van der Waals surface area contributed by atoms with Gasteiger partial charge in [0.05, 0.1) is 0 Å². The van der Waals surface area contributed by atoms with Gasteiger partial charge in [-0.1, -0.05) is 55.2 Å². The first-order chi connectivity index (χ1) is 12.3. The summed E-state index contributed by atoms with van der Waals surface area (Å²) < 4.78 is 0. The lowest BCUT2D eigenvalue weighted by molar-refractivity contribution is -0.117. The minimum atomic E-state index is -0.211. The number of nitrogens with zero attached hydrogens (tertiary/aromatic N) is 1. The van der Waals surface area contributed by atoms with Crippen molar-refractivity contribution in [3.8, 4) is 0 Å². The van der Waals surface area contributed by atoms with Crippen LogP contribution in [0.1, 0.15) is 38.7 Å². The fourth-order valence-corrected chi connectivity index (χ4v) is 3.26. The van der Waals surface area contributed by atoms with Crippen molar-refractivity contribution in [2.24, 2.45) is 0 Å². The monoisotopic (exact) mass is 392 g/mol. The van der Waals surface area contributed by atoms with Crippen molar-refractivity contribution < 1.29 is 9.59 Å². The van der Waals surface area contributed by atoms with Gasteiger partial charge in [-0.2, -0.15) is 0 Å². The second-order valence-corrected chi connectivity index (χ2v) is 7.21. The Hall–Kier alpha value is -2.04. The molecule has 2 aromatic carbocycles. The summed E-state index contributed by atoms with van der Waals surface area (Å²) in [5, 5.41) is 3.66. The molecule has 0 aliphatic rings. The zero-order chi connectivity index (χ0) is 19.3. The van der Waals surface area contributed by atoms with Crippen molar-refractivity contribution in [1.82, 2.24) is 0 Å². The van der Waals surface area contributed by atoms with Crippen LogP contribution >= 0.6 is 23.2 Å². The summed E-state index contributed by atoms with van der Waals surface area (Å²) in [6, 6.07) is 12.6. The van der Waals surface area contributed by atoms with Gasteiger partial charge < -0.3 is 10.2 Å². The Bertz CT molecular complexity index is 786. The highest BCUT2D eigenvalue weighted by atomic mass is 35.5. The van der Waals surface area contributed by atoms with Crippen LogP contribution in [0.15, 0.2) is 42.5 Å². The van der Waals surface area contributed by atoms with E-state index >= 15 is 0 Å². The van der Waals surface area contributed by atoms with Gasteiger partial charge in [0.1, 0.15) is 0 Å². The molecule has 0 heterocycles. The fraction of sp³-hybridized carbons (Fsp3) is 0.300. The van der Waals surface area contributed by atoms with Crippen molar-refractivity contribution >= 4 is 46.4 Å². The number of nitrogens with one attached hydrogen (secondary N) is 1. The zero-order valence-electron chi connectivity index (χ0n) is 15.1. The molecule has 0 aliphatic heterocycles. The van der Waals surface area contributed by atoms with E-state index in [4.69, 9.17) is 23.2 Å². The maximum absolute atomic E-state index is 12.3. The summed E-state index contributed by atoms with van der Waals surface area (Å²) >= 11 is 11.9. The first-order valence-corrected chi connectivity index (χ1v) is 9.16. The third kappa shape index (κ3) is 5.48. The molecule has 0 saturated heterocycles. The first-order valence-electron chi connectivity index (χ1n) is 8.41. The van der Waals surface area contributed by atoms with Crippen molar-refractivity contribution in [1.29, 1.82) is 0 Å².